The molecule has 0 bridgehead atoms. The molecule has 0 radical (unpaired) electrons. The number of carbonyl (C=O) groups excluding carboxylic acids is 1. The van der Waals surface area contributed by atoms with Crippen LogP contribution in [0.1, 0.15) is 19.4 Å². The highest BCUT2D eigenvalue weighted by atomic mass is 32.2. The van der Waals surface area contributed by atoms with E-state index in [4.69, 9.17) is 12.2 Å². The molecule has 1 aliphatic heterocycles. The third-order valence-corrected chi connectivity index (χ3v) is 6.69. The van der Waals surface area contributed by atoms with Gasteiger partial charge in [-0.2, -0.15) is 5.06 Å². The van der Waals surface area contributed by atoms with Crippen LogP contribution in [0.5, 0.6) is 0 Å². The van der Waals surface area contributed by atoms with Gasteiger partial charge in [-0.05, 0) is 32.9 Å². The van der Waals surface area contributed by atoms with Crippen LogP contribution < -0.4 is 4.72 Å². The van der Waals surface area contributed by atoms with E-state index in [1.54, 1.807) is 24.1 Å². The van der Waals surface area contributed by atoms with Gasteiger partial charge in [0.1, 0.15) is 10.5 Å². The maximum atomic E-state index is 12.3. The largest absolute Gasteiger partial charge is 0.357 e. The molecule has 1 saturated heterocycles. The Balaban J connectivity index is 2.20. The first-order valence-electron chi connectivity index (χ1n) is 7.03. The van der Waals surface area contributed by atoms with Gasteiger partial charge in [0.05, 0.1) is 9.64 Å². The number of thiocarbonyl (C=S) groups is 1. The third kappa shape index (κ3) is 3.66. The van der Waals surface area contributed by atoms with Crippen molar-refractivity contribution in [2.24, 2.45) is 0 Å². The van der Waals surface area contributed by atoms with Crippen LogP contribution in [0.2, 0.25) is 0 Å². The maximum Gasteiger partial charge on any atom is 0.357 e. The van der Waals surface area contributed by atoms with Crippen molar-refractivity contribution >= 4 is 44.4 Å². The number of amides is 2. The molecule has 1 unspecified atom stereocenters. The SMILES string of the molecule is Cc1ccc(S(=O)(=O)NC(=O)N(O)C2N(C)C(=S)SC2(C)C)cc1. The van der Waals surface area contributed by atoms with Crippen LogP contribution in [0.25, 0.3) is 0 Å². The minimum atomic E-state index is -4.08. The standard InChI is InChI=1S/C14H19N3O4S3/c1-9-5-7-10(8-6-9)24(20,21)15-12(18)17(19)11-14(2,3)23-13(22)16(11)4/h5-8,11,19H,1-4H3,(H,15,18). The Hall–Kier alpha value is -1.36. The molecule has 2 rings (SSSR count). The second kappa shape index (κ2) is 6.51. The first-order chi connectivity index (χ1) is 11.0. The summed E-state index contributed by atoms with van der Waals surface area (Å²) in [5.41, 5.74) is 0.893. The van der Waals surface area contributed by atoms with Crippen molar-refractivity contribution in [2.45, 2.75) is 36.6 Å². The third-order valence-electron chi connectivity index (χ3n) is 3.62. The minimum Gasteiger partial charge on any atom is -0.337 e. The van der Waals surface area contributed by atoms with Crippen molar-refractivity contribution < 1.29 is 18.4 Å². The van der Waals surface area contributed by atoms with Crippen molar-refractivity contribution in [1.29, 1.82) is 0 Å². The number of hydrogen-bond acceptors (Lipinski definition) is 6. The molecule has 1 fully saturated rings. The van der Waals surface area contributed by atoms with Crippen LogP contribution in [0, 0.1) is 6.92 Å². The van der Waals surface area contributed by atoms with Crippen LogP contribution in [-0.4, -0.2) is 51.9 Å². The fraction of sp³-hybridized carbons (Fsp3) is 0.429. The highest BCUT2D eigenvalue weighted by molar-refractivity contribution is 8.24. The predicted octanol–water partition coefficient (Wildman–Crippen LogP) is 2.15. The molecule has 24 heavy (non-hydrogen) atoms. The molecule has 1 aliphatic rings. The maximum absolute atomic E-state index is 12.3. The molecule has 1 heterocycles. The lowest BCUT2D eigenvalue weighted by Crippen LogP contribution is -2.56. The highest BCUT2D eigenvalue weighted by Crippen LogP contribution is 2.41. The molecule has 2 N–H and O–H groups in total. The molecule has 0 aliphatic carbocycles. The minimum absolute atomic E-state index is 0.0567. The smallest absolute Gasteiger partial charge is 0.337 e. The number of nitrogens with zero attached hydrogens (tertiary/aromatic N) is 2. The molecule has 10 heteroatoms. The van der Waals surface area contributed by atoms with Gasteiger partial charge in [0.25, 0.3) is 10.0 Å². The van der Waals surface area contributed by atoms with Gasteiger partial charge in [-0.25, -0.2) is 17.9 Å². The number of thioether (sulfide) groups is 1. The summed E-state index contributed by atoms with van der Waals surface area (Å²) >= 11 is 6.50. The van der Waals surface area contributed by atoms with Gasteiger partial charge in [-0.1, -0.05) is 41.7 Å². The molecular formula is C14H19N3O4S3. The number of hydroxylamine groups is 2. The zero-order valence-corrected chi connectivity index (χ0v) is 16.1. The molecule has 0 spiro atoms. The van der Waals surface area contributed by atoms with Gasteiger partial charge in [-0.3, -0.25) is 5.21 Å². The molecule has 7 nitrogen and oxygen atoms in total. The van der Waals surface area contributed by atoms with E-state index >= 15 is 0 Å². The van der Waals surface area contributed by atoms with Crippen molar-refractivity contribution in [3.63, 3.8) is 0 Å². The van der Waals surface area contributed by atoms with Gasteiger partial charge in [0, 0.05) is 7.05 Å². The lowest BCUT2D eigenvalue weighted by atomic mass is 10.1. The van der Waals surface area contributed by atoms with E-state index < -0.39 is 27.0 Å². The first kappa shape index (κ1) is 19.0. The second-order valence-electron chi connectivity index (χ2n) is 6.02. The van der Waals surface area contributed by atoms with Gasteiger partial charge >= 0.3 is 6.03 Å². The quantitative estimate of drug-likeness (QED) is 0.465. The number of benzene rings is 1. The average molecular weight is 390 g/mol. The zero-order valence-electron chi connectivity index (χ0n) is 13.7. The number of aryl methyl sites for hydroxylation is 1. The number of nitrogens with one attached hydrogen (secondary N) is 1. The van der Waals surface area contributed by atoms with Crippen LogP contribution in [-0.2, 0) is 10.0 Å². The van der Waals surface area contributed by atoms with Crippen molar-refractivity contribution in [2.75, 3.05) is 7.05 Å². The second-order valence-corrected chi connectivity index (χ2v) is 9.99. The summed E-state index contributed by atoms with van der Waals surface area (Å²) in [6.07, 6.45) is -0.789. The molecule has 0 aromatic heterocycles. The van der Waals surface area contributed by atoms with E-state index in [0.29, 0.717) is 9.38 Å². The fourth-order valence-corrected chi connectivity index (χ4v) is 5.16. The Kier molecular flexibility index (Phi) is 5.14. The summed E-state index contributed by atoms with van der Waals surface area (Å²) < 4.78 is 26.3. The number of carbonyl (C=O) groups is 1. The Labute approximate surface area is 151 Å². The Morgan fingerprint density at radius 3 is 2.38 bits per heavy atom. The number of rotatable bonds is 3. The van der Waals surface area contributed by atoms with E-state index in [-0.39, 0.29) is 4.90 Å². The topological polar surface area (TPSA) is 90.0 Å². The molecule has 1 aromatic rings. The van der Waals surface area contributed by atoms with Gasteiger partial charge in [-0.15, -0.1) is 0 Å². The predicted molar refractivity (Wildman–Crippen MR) is 96.3 cm³/mol. The van der Waals surface area contributed by atoms with E-state index in [9.17, 15) is 18.4 Å². The number of hydrogen-bond donors (Lipinski definition) is 2. The van der Waals surface area contributed by atoms with Crippen LogP contribution in [0.15, 0.2) is 29.2 Å². The summed E-state index contributed by atoms with van der Waals surface area (Å²) in [6, 6.07) is 4.90. The number of urea groups is 1. The number of sulfonamides is 1. The molecular weight excluding hydrogens is 370 g/mol. The Morgan fingerprint density at radius 2 is 1.92 bits per heavy atom. The molecule has 1 aromatic carbocycles. The highest BCUT2D eigenvalue weighted by Gasteiger charge is 2.48. The van der Waals surface area contributed by atoms with Crippen LogP contribution >= 0.6 is 24.0 Å². The van der Waals surface area contributed by atoms with Crippen LogP contribution in [0.3, 0.4) is 0 Å². The van der Waals surface area contributed by atoms with E-state index in [1.165, 1.54) is 23.9 Å². The van der Waals surface area contributed by atoms with Crippen molar-refractivity contribution in [3.8, 4) is 0 Å². The Bertz CT molecular complexity index is 762. The average Bonchev–Trinajstić information content (AvgIpc) is 2.66. The molecule has 1 atom stereocenters. The Morgan fingerprint density at radius 1 is 1.38 bits per heavy atom. The van der Waals surface area contributed by atoms with E-state index in [2.05, 4.69) is 0 Å². The van der Waals surface area contributed by atoms with Crippen molar-refractivity contribution in [1.82, 2.24) is 14.7 Å². The lowest BCUT2D eigenvalue weighted by Gasteiger charge is -2.34. The summed E-state index contributed by atoms with van der Waals surface area (Å²) in [5, 5.41) is 10.6. The van der Waals surface area contributed by atoms with Gasteiger partial charge in [0.2, 0.25) is 0 Å². The molecule has 2 amide bonds. The van der Waals surface area contributed by atoms with Crippen molar-refractivity contribution in [3.05, 3.63) is 29.8 Å². The molecule has 0 saturated carbocycles. The summed E-state index contributed by atoms with van der Waals surface area (Å²) in [5.74, 6) is 0. The summed E-state index contributed by atoms with van der Waals surface area (Å²) in [7, 11) is -2.44. The summed E-state index contributed by atoms with van der Waals surface area (Å²) in [6.45, 7) is 5.44. The molecule has 132 valence electrons. The van der Waals surface area contributed by atoms with Crippen LogP contribution in [0.4, 0.5) is 4.79 Å². The monoisotopic (exact) mass is 389 g/mol. The van der Waals surface area contributed by atoms with E-state index in [0.717, 1.165) is 5.56 Å². The van der Waals surface area contributed by atoms with Gasteiger partial charge < -0.3 is 4.90 Å². The lowest BCUT2D eigenvalue weighted by molar-refractivity contribution is -0.113. The summed E-state index contributed by atoms with van der Waals surface area (Å²) in [4.78, 5) is 13.7. The fourth-order valence-electron chi connectivity index (χ4n) is 2.42. The normalized spacial score (nSPS) is 20.1. The van der Waals surface area contributed by atoms with Gasteiger partial charge in [0.15, 0.2) is 0 Å². The first-order valence-corrected chi connectivity index (χ1v) is 9.74. The van der Waals surface area contributed by atoms with E-state index in [1.807, 2.05) is 25.5 Å². The zero-order chi connectivity index (χ0) is 18.3.